The lowest BCUT2D eigenvalue weighted by atomic mass is 9.44. The molecular weight excluding hydrogens is 236 g/mol. The lowest BCUT2D eigenvalue weighted by Crippen LogP contribution is -2.54. The number of Topliss-reactive ketones (excluding diaryl/α,β-unsaturated/α-hetero) is 2. The van der Waals surface area contributed by atoms with E-state index in [2.05, 4.69) is 6.92 Å². The molecule has 4 aliphatic carbocycles. The van der Waals surface area contributed by atoms with Crippen LogP contribution in [0.3, 0.4) is 0 Å². The molecule has 0 N–H and O–H groups in total. The van der Waals surface area contributed by atoms with Crippen molar-refractivity contribution in [3.8, 4) is 0 Å². The van der Waals surface area contributed by atoms with Crippen molar-refractivity contribution < 1.29 is 9.59 Å². The number of carbonyl (C=O) groups is 2. The quantitative estimate of drug-likeness (QED) is 0.667. The number of fused-ring (bicyclic) bond motifs is 2. The van der Waals surface area contributed by atoms with Crippen molar-refractivity contribution in [2.45, 2.75) is 64.7 Å². The molecule has 2 nitrogen and oxygen atoms in total. The predicted octanol–water partition coefficient (Wildman–Crippen LogP) is 3.53. The van der Waals surface area contributed by atoms with Gasteiger partial charge in [0.15, 0.2) is 0 Å². The zero-order valence-electron chi connectivity index (χ0n) is 11.9. The Morgan fingerprint density at radius 3 is 2.68 bits per heavy atom. The van der Waals surface area contributed by atoms with Gasteiger partial charge in [-0.05, 0) is 61.2 Å². The number of hydrogen-bond acceptors (Lipinski definition) is 2. The molecule has 5 atom stereocenters. The first-order valence-corrected chi connectivity index (χ1v) is 8.10. The van der Waals surface area contributed by atoms with Crippen LogP contribution in [-0.4, -0.2) is 11.6 Å². The van der Waals surface area contributed by atoms with Gasteiger partial charge in [0, 0.05) is 25.2 Å². The molecule has 2 bridgehead atoms. The molecule has 0 amide bonds. The average Bonchev–Trinajstić information content (AvgIpc) is 2.72. The molecule has 104 valence electrons. The molecule has 4 rings (SSSR count). The van der Waals surface area contributed by atoms with Gasteiger partial charge in [-0.2, -0.15) is 0 Å². The zero-order chi connectivity index (χ0) is 13.3. The highest BCUT2D eigenvalue weighted by atomic mass is 16.1. The molecule has 1 spiro atoms. The fourth-order valence-corrected chi connectivity index (χ4v) is 6.42. The van der Waals surface area contributed by atoms with E-state index in [1.165, 1.54) is 12.8 Å². The molecule has 4 fully saturated rings. The molecule has 4 aliphatic rings. The van der Waals surface area contributed by atoms with E-state index in [-0.39, 0.29) is 0 Å². The predicted molar refractivity (Wildman–Crippen MR) is 72.6 cm³/mol. The summed E-state index contributed by atoms with van der Waals surface area (Å²) in [6.45, 7) is 2.47. The molecular formula is C17H24O2. The van der Waals surface area contributed by atoms with Crippen LogP contribution in [-0.2, 0) is 9.59 Å². The Morgan fingerprint density at radius 2 is 1.84 bits per heavy atom. The van der Waals surface area contributed by atoms with Crippen molar-refractivity contribution in [1.29, 1.82) is 0 Å². The molecule has 0 saturated heterocycles. The second kappa shape index (κ2) is 3.71. The normalized spacial score (nSPS) is 52.8. The van der Waals surface area contributed by atoms with Crippen LogP contribution in [0.2, 0.25) is 0 Å². The lowest BCUT2D eigenvalue weighted by molar-refractivity contribution is -0.148. The number of ketones is 2. The molecule has 0 radical (unpaired) electrons. The molecule has 0 aromatic heterocycles. The molecule has 19 heavy (non-hydrogen) atoms. The first-order valence-electron chi connectivity index (χ1n) is 8.10. The minimum absolute atomic E-state index is 0.347. The third-order valence-electron chi connectivity index (χ3n) is 7.53. The van der Waals surface area contributed by atoms with Crippen LogP contribution in [0.15, 0.2) is 0 Å². The van der Waals surface area contributed by atoms with Gasteiger partial charge in [0.2, 0.25) is 0 Å². The summed E-state index contributed by atoms with van der Waals surface area (Å²) in [6.07, 6.45) is 9.46. The summed E-state index contributed by atoms with van der Waals surface area (Å²) in [5.41, 5.74) is 0.758. The summed E-state index contributed by atoms with van der Waals surface area (Å²) in [5, 5.41) is 0. The Balaban J connectivity index is 1.75. The monoisotopic (exact) mass is 260 g/mol. The van der Waals surface area contributed by atoms with Gasteiger partial charge in [-0.15, -0.1) is 0 Å². The number of hydrogen-bond donors (Lipinski definition) is 0. The topological polar surface area (TPSA) is 34.1 Å². The van der Waals surface area contributed by atoms with Gasteiger partial charge in [0.05, 0.1) is 0 Å². The standard InChI is InChI=1S/C17H24O2/c1-16-6-4-14(18)9-12(16)2-3-13-8-11-10-17(13,16)7-5-15(11)19/h11-13H,2-10H2,1H3/t11-,12-,13-,16-,17+/m0/s1. The van der Waals surface area contributed by atoms with Crippen LogP contribution in [0.5, 0.6) is 0 Å². The maximum Gasteiger partial charge on any atom is 0.136 e. The van der Waals surface area contributed by atoms with Gasteiger partial charge in [-0.1, -0.05) is 6.92 Å². The summed E-state index contributed by atoms with van der Waals surface area (Å²) >= 11 is 0. The minimum Gasteiger partial charge on any atom is -0.300 e. The lowest BCUT2D eigenvalue weighted by Gasteiger charge is -2.60. The van der Waals surface area contributed by atoms with Crippen LogP contribution in [0.1, 0.15) is 64.7 Å². The van der Waals surface area contributed by atoms with E-state index < -0.39 is 0 Å². The summed E-state index contributed by atoms with van der Waals surface area (Å²) in [4.78, 5) is 23.9. The molecule has 0 unspecified atom stereocenters. The summed E-state index contributed by atoms with van der Waals surface area (Å²) in [6, 6.07) is 0. The van der Waals surface area contributed by atoms with E-state index in [4.69, 9.17) is 0 Å². The van der Waals surface area contributed by atoms with Gasteiger partial charge in [0.1, 0.15) is 11.6 Å². The van der Waals surface area contributed by atoms with Crippen molar-refractivity contribution in [2.24, 2.45) is 28.6 Å². The largest absolute Gasteiger partial charge is 0.300 e. The fourth-order valence-electron chi connectivity index (χ4n) is 6.42. The van der Waals surface area contributed by atoms with Crippen molar-refractivity contribution in [1.82, 2.24) is 0 Å². The Labute approximate surface area is 115 Å². The zero-order valence-corrected chi connectivity index (χ0v) is 11.9. The van der Waals surface area contributed by atoms with Crippen LogP contribution in [0, 0.1) is 28.6 Å². The summed E-state index contributed by atoms with van der Waals surface area (Å²) < 4.78 is 0. The molecule has 0 aromatic rings. The smallest absolute Gasteiger partial charge is 0.136 e. The number of carbonyl (C=O) groups excluding carboxylic acids is 2. The second-order valence-electron chi connectivity index (χ2n) is 7.89. The molecule has 0 aliphatic heterocycles. The van der Waals surface area contributed by atoms with E-state index in [9.17, 15) is 9.59 Å². The minimum atomic E-state index is 0.347. The van der Waals surface area contributed by atoms with Crippen molar-refractivity contribution in [2.75, 3.05) is 0 Å². The van der Waals surface area contributed by atoms with Gasteiger partial charge < -0.3 is 0 Å². The first kappa shape index (κ1) is 12.1. The van der Waals surface area contributed by atoms with Gasteiger partial charge in [0.25, 0.3) is 0 Å². The van der Waals surface area contributed by atoms with E-state index in [0.29, 0.717) is 34.2 Å². The Hall–Kier alpha value is -0.660. The molecule has 2 heteroatoms. The van der Waals surface area contributed by atoms with Gasteiger partial charge in [-0.25, -0.2) is 0 Å². The maximum atomic E-state index is 12.1. The molecule has 0 aromatic carbocycles. The second-order valence-corrected chi connectivity index (χ2v) is 7.89. The highest BCUT2D eigenvalue weighted by molar-refractivity contribution is 5.83. The van der Waals surface area contributed by atoms with E-state index >= 15 is 0 Å². The van der Waals surface area contributed by atoms with E-state index in [1.54, 1.807) is 0 Å². The third-order valence-corrected chi connectivity index (χ3v) is 7.53. The van der Waals surface area contributed by atoms with E-state index in [0.717, 1.165) is 50.9 Å². The van der Waals surface area contributed by atoms with Crippen LogP contribution < -0.4 is 0 Å². The van der Waals surface area contributed by atoms with Crippen molar-refractivity contribution >= 4 is 11.6 Å². The highest BCUT2D eigenvalue weighted by Crippen LogP contribution is 2.71. The fraction of sp³-hybridized carbons (Fsp3) is 0.882. The van der Waals surface area contributed by atoms with Crippen LogP contribution >= 0.6 is 0 Å². The maximum absolute atomic E-state index is 12.1. The SMILES string of the molecule is C[C@]12CCC(=O)C[C@@H]1CC[C@H]1C[C@H]3C[C@]12CCC3=O. The third kappa shape index (κ3) is 1.38. The van der Waals surface area contributed by atoms with Crippen LogP contribution in [0.4, 0.5) is 0 Å². The van der Waals surface area contributed by atoms with Crippen molar-refractivity contribution in [3.05, 3.63) is 0 Å². The molecule has 0 heterocycles. The first-order chi connectivity index (χ1) is 9.05. The Bertz CT molecular complexity index is 454. The van der Waals surface area contributed by atoms with Crippen molar-refractivity contribution in [3.63, 3.8) is 0 Å². The average molecular weight is 260 g/mol. The molecule has 4 saturated carbocycles. The summed E-state index contributed by atoms with van der Waals surface area (Å²) in [5.74, 6) is 2.77. The van der Waals surface area contributed by atoms with Gasteiger partial charge >= 0.3 is 0 Å². The Kier molecular flexibility index (Phi) is 2.36. The number of rotatable bonds is 0. The van der Waals surface area contributed by atoms with Gasteiger partial charge in [-0.3, -0.25) is 9.59 Å². The Morgan fingerprint density at radius 1 is 1.05 bits per heavy atom. The summed E-state index contributed by atoms with van der Waals surface area (Å²) in [7, 11) is 0. The van der Waals surface area contributed by atoms with Crippen LogP contribution in [0.25, 0.3) is 0 Å². The van der Waals surface area contributed by atoms with E-state index in [1.807, 2.05) is 0 Å². The highest BCUT2D eigenvalue weighted by Gasteiger charge is 2.64.